The van der Waals surface area contributed by atoms with E-state index in [0.29, 0.717) is 35.2 Å². The number of halogens is 1. The van der Waals surface area contributed by atoms with Gasteiger partial charge in [-0.3, -0.25) is 4.68 Å². The lowest BCUT2D eigenvalue weighted by Gasteiger charge is -2.32. The molecule has 8 nitrogen and oxygen atoms in total. The highest BCUT2D eigenvalue weighted by atomic mass is 19.1. The van der Waals surface area contributed by atoms with E-state index in [0.717, 1.165) is 16.9 Å². The Morgan fingerprint density at radius 3 is 2.62 bits per heavy atom. The van der Waals surface area contributed by atoms with Crippen molar-refractivity contribution < 1.29 is 14.3 Å². The van der Waals surface area contributed by atoms with Crippen LogP contribution in [0.4, 0.5) is 9.18 Å². The molecule has 1 amide bonds. The number of likely N-dealkylation sites (tertiary alicyclic amines) is 1. The zero-order chi connectivity index (χ0) is 24.2. The summed E-state index contributed by atoms with van der Waals surface area (Å²) < 4.78 is 18.8. The van der Waals surface area contributed by atoms with E-state index in [-0.39, 0.29) is 22.8 Å². The molecule has 0 radical (unpaired) electrons. The van der Waals surface area contributed by atoms with Gasteiger partial charge in [0.25, 0.3) is 0 Å². The summed E-state index contributed by atoms with van der Waals surface area (Å²) in [5.74, 6) is -0.230. The van der Waals surface area contributed by atoms with Crippen LogP contribution < -0.4 is 0 Å². The number of nitrogens with zero attached hydrogens (tertiary/aromatic N) is 6. The number of imidazole rings is 1. The SMILES string of the molecule is Cc1cn2nc(-c3cc(F)c4nn(C5C6CN(C(=O)O)CC65C(C)(C)C)cc4c3)cc(C)c2n1. The average molecular weight is 463 g/mol. The Balaban J connectivity index is 1.41. The zero-order valence-corrected chi connectivity index (χ0v) is 19.9. The number of carboxylic acid groups (broad SMARTS) is 1. The van der Waals surface area contributed by atoms with Crippen molar-refractivity contribution in [1.29, 1.82) is 0 Å². The molecule has 4 heterocycles. The van der Waals surface area contributed by atoms with Crippen molar-refractivity contribution in [2.45, 2.75) is 40.7 Å². The predicted octanol–water partition coefficient (Wildman–Crippen LogP) is 4.70. The van der Waals surface area contributed by atoms with Crippen molar-refractivity contribution in [2.24, 2.45) is 16.7 Å². The smallest absolute Gasteiger partial charge is 0.407 e. The van der Waals surface area contributed by atoms with Gasteiger partial charge in [0.15, 0.2) is 11.5 Å². The molecule has 2 fully saturated rings. The number of aryl methyl sites for hydroxylation is 2. The Morgan fingerprint density at radius 2 is 1.94 bits per heavy atom. The maximum atomic E-state index is 15.2. The third kappa shape index (κ3) is 2.75. The van der Waals surface area contributed by atoms with Crippen LogP contribution in [0.25, 0.3) is 27.8 Å². The number of hydrogen-bond donors (Lipinski definition) is 1. The second-order valence-electron chi connectivity index (χ2n) is 10.9. The Hall–Kier alpha value is -3.49. The van der Waals surface area contributed by atoms with Gasteiger partial charge in [-0.1, -0.05) is 20.8 Å². The third-order valence-electron chi connectivity index (χ3n) is 7.89. The van der Waals surface area contributed by atoms with Crippen LogP contribution in [0.3, 0.4) is 0 Å². The summed E-state index contributed by atoms with van der Waals surface area (Å²) in [4.78, 5) is 17.6. The summed E-state index contributed by atoms with van der Waals surface area (Å²) in [7, 11) is 0. The minimum absolute atomic E-state index is 0.0454. The van der Waals surface area contributed by atoms with Crippen LogP contribution in [-0.2, 0) is 0 Å². The van der Waals surface area contributed by atoms with Crippen LogP contribution in [0.15, 0.2) is 30.6 Å². The fourth-order valence-corrected chi connectivity index (χ4v) is 6.18. The average Bonchev–Trinajstić information content (AvgIpc) is 3.15. The molecule has 1 saturated carbocycles. The highest BCUT2D eigenvalue weighted by Crippen LogP contribution is 2.73. The van der Waals surface area contributed by atoms with E-state index in [4.69, 9.17) is 0 Å². The van der Waals surface area contributed by atoms with Gasteiger partial charge in [0, 0.05) is 41.6 Å². The number of amides is 1. The van der Waals surface area contributed by atoms with Gasteiger partial charge in [0.05, 0.1) is 23.6 Å². The molecule has 0 bridgehead atoms. The Labute approximate surface area is 196 Å². The van der Waals surface area contributed by atoms with Crippen molar-refractivity contribution in [2.75, 3.05) is 13.1 Å². The predicted molar refractivity (Wildman–Crippen MR) is 125 cm³/mol. The molecule has 1 aromatic carbocycles. The molecule has 1 aliphatic carbocycles. The molecule has 3 atom stereocenters. The van der Waals surface area contributed by atoms with E-state index < -0.39 is 11.9 Å². The van der Waals surface area contributed by atoms with E-state index in [1.54, 1.807) is 4.52 Å². The Kier molecular flexibility index (Phi) is 4.06. The quantitative estimate of drug-likeness (QED) is 0.467. The van der Waals surface area contributed by atoms with Gasteiger partial charge in [-0.05, 0) is 43.0 Å². The molecule has 9 heteroatoms. The molecular weight excluding hydrogens is 435 g/mol. The summed E-state index contributed by atoms with van der Waals surface area (Å²) in [5, 5.41) is 19.5. The minimum Gasteiger partial charge on any atom is -0.465 e. The molecule has 3 aromatic heterocycles. The van der Waals surface area contributed by atoms with Crippen molar-refractivity contribution in [3.63, 3.8) is 0 Å². The van der Waals surface area contributed by atoms with Gasteiger partial charge in [-0.25, -0.2) is 18.7 Å². The fraction of sp³-hybridized carbons (Fsp3) is 0.440. The van der Waals surface area contributed by atoms with E-state index in [1.807, 2.05) is 43.1 Å². The monoisotopic (exact) mass is 462 g/mol. The van der Waals surface area contributed by atoms with E-state index in [9.17, 15) is 9.90 Å². The summed E-state index contributed by atoms with van der Waals surface area (Å²) in [5.41, 5.74) is 3.98. The molecule has 1 N–H and O–H groups in total. The Bertz CT molecular complexity index is 1500. The molecule has 2 aliphatic rings. The van der Waals surface area contributed by atoms with Crippen LogP contribution in [-0.4, -0.2) is 53.6 Å². The number of hydrogen-bond acceptors (Lipinski definition) is 4. The number of carbonyl (C=O) groups is 1. The largest absolute Gasteiger partial charge is 0.465 e. The highest BCUT2D eigenvalue weighted by Gasteiger charge is 2.75. The molecule has 176 valence electrons. The number of rotatable bonds is 2. The molecule has 3 unspecified atom stereocenters. The highest BCUT2D eigenvalue weighted by molar-refractivity contribution is 5.84. The number of fused-ring (bicyclic) bond motifs is 3. The molecule has 4 aromatic rings. The Morgan fingerprint density at radius 1 is 1.18 bits per heavy atom. The van der Waals surface area contributed by atoms with Crippen LogP contribution >= 0.6 is 0 Å². The first-order chi connectivity index (χ1) is 16.0. The van der Waals surface area contributed by atoms with Crippen LogP contribution in [0.2, 0.25) is 0 Å². The van der Waals surface area contributed by atoms with Crippen molar-refractivity contribution >= 4 is 22.6 Å². The molecule has 1 saturated heterocycles. The maximum absolute atomic E-state index is 15.2. The lowest BCUT2D eigenvalue weighted by Crippen LogP contribution is -2.37. The zero-order valence-electron chi connectivity index (χ0n) is 19.9. The normalized spacial score (nSPS) is 24.2. The first-order valence-electron chi connectivity index (χ1n) is 11.5. The second-order valence-corrected chi connectivity index (χ2v) is 10.9. The molecule has 34 heavy (non-hydrogen) atoms. The summed E-state index contributed by atoms with van der Waals surface area (Å²) in [6.45, 7) is 11.3. The van der Waals surface area contributed by atoms with Gasteiger partial charge >= 0.3 is 6.09 Å². The molecule has 1 aliphatic heterocycles. The van der Waals surface area contributed by atoms with Crippen molar-refractivity contribution in [1.82, 2.24) is 29.3 Å². The molecular formula is C25H27FN6O2. The summed E-state index contributed by atoms with van der Waals surface area (Å²) >= 11 is 0. The fourth-order valence-electron chi connectivity index (χ4n) is 6.18. The lowest BCUT2D eigenvalue weighted by atomic mass is 9.76. The standard InChI is InChI=1S/C25H27FN6O2/c1-13-6-19(28-32-9-14(2)27-22(13)32)15-7-16-10-31(29-20(16)18(26)8-15)21-17-11-30(23(33)34)12-25(17,21)24(3,4)5/h6-10,17,21H,11-12H2,1-5H3,(H,33,34). The van der Waals surface area contributed by atoms with Crippen LogP contribution in [0.1, 0.15) is 38.1 Å². The minimum atomic E-state index is -0.885. The number of piperidine rings is 1. The topological polar surface area (TPSA) is 88.6 Å². The van der Waals surface area contributed by atoms with Gasteiger partial charge in [0.1, 0.15) is 5.52 Å². The first kappa shape index (κ1) is 21.1. The van der Waals surface area contributed by atoms with Gasteiger partial charge in [0.2, 0.25) is 0 Å². The summed E-state index contributed by atoms with van der Waals surface area (Å²) in [6, 6.07) is 5.37. The molecule has 6 rings (SSSR count). The number of benzene rings is 1. The second kappa shape index (κ2) is 6.55. The van der Waals surface area contributed by atoms with Gasteiger partial charge < -0.3 is 10.0 Å². The lowest BCUT2D eigenvalue weighted by molar-refractivity contribution is 0.122. The van der Waals surface area contributed by atoms with Crippen LogP contribution in [0.5, 0.6) is 0 Å². The van der Waals surface area contributed by atoms with Crippen LogP contribution in [0, 0.1) is 36.4 Å². The third-order valence-corrected chi connectivity index (χ3v) is 7.89. The van der Waals surface area contributed by atoms with Gasteiger partial charge in [-0.2, -0.15) is 10.2 Å². The van der Waals surface area contributed by atoms with Gasteiger partial charge in [-0.15, -0.1) is 0 Å². The van der Waals surface area contributed by atoms with E-state index in [2.05, 4.69) is 36.0 Å². The van der Waals surface area contributed by atoms with E-state index >= 15 is 4.39 Å². The first-order valence-corrected chi connectivity index (χ1v) is 11.5. The number of aromatic nitrogens is 5. The van der Waals surface area contributed by atoms with E-state index in [1.165, 1.54) is 11.0 Å². The maximum Gasteiger partial charge on any atom is 0.407 e. The van der Waals surface area contributed by atoms with Crippen molar-refractivity contribution in [3.05, 3.63) is 47.7 Å². The molecule has 0 spiro atoms. The summed E-state index contributed by atoms with van der Waals surface area (Å²) in [6.07, 6.45) is 2.87. The van der Waals surface area contributed by atoms with Crippen molar-refractivity contribution in [3.8, 4) is 11.3 Å².